The largest absolute Gasteiger partial charge is 0.444 e. The molecule has 2 amide bonds. The lowest BCUT2D eigenvalue weighted by atomic mass is 10.1. The summed E-state index contributed by atoms with van der Waals surface area (Å²) in [5, 5.41) is 5.78. The fourth-order valence-corrected chi connectivity index (χ4v) is 3.60. The zero-order valence-corrected chi connectivity index (χ0v) is 21.8. The molecule has 194 valence electrons. The standard InChI is InChI=1S/C27H32N6O4/c1-17-16-30-23(29-13-12-19-10-8-7-9-11-19)25(35)33(17)24-21(32-26(36)37-27(3,4)5)14-20(18(2)31-24)15-22(34)28-6/h7-11,14,16H,6,12-13,15H2,1-5H3,(H,29,30)(H,32,36). The van der Waals surface area contributed by atoms with Crippen molar-refractivity contribution in [3.05, 3.63) is 75.5 Å². The van der Waals surface area contributed by atoms with E-state index < -0.39 is 23.2 Å². The maximum Gasteiger partial charge on any atom is 0.412 e. The molecule has 0 saturated carbocycles. The van der Waals surface area contributed by atoms with Gasteiger partial charge in [0.2, 0.25) is 5.91 Å². The number of rotatable bonds is 8. The summed E-state index contributed by atoms with van der Waals surface area (Å²) in [6, 6.07) is 11.5. The van der Waals surface area contributed by atoms with E-state index in [-0.39, 0.29) is 23.7 Å². The minimum Gasteiger partial charge on any atom is -0.444 e. The van der Waals surface area contributed by atoms with Crippen molar-refractivity contribution in [2.24, 2.45) is 4.99 Å². The van der Waals surface area contributed by atoms with Crippen LogP contribution in [0.3, 0.4) is 0 Å². The van der Waals surface area contributed by atoms with Gasteiger partial charge in [0, 0.05) is 24.1 Å². The van der Waals surface area contributed by atoms with Crippen LogP contribution in [0.4, 0.5) is 16.3 Å². The topological polar surface area (TPSA) is 128 Å². The molecule has 3 rings (SSSR count). The number of benzene rings is 1. The van der Waals surface area contributed by atoms with Gasteiger partial charge in [-0.25, -0.2) is 19.8 Å². The first-order valence-corrected chi connectivity index (χ1v) is 11.9. The summed E-state index contributed by atoms with van der Waals surface area (Å²) < 4.78 is 6.77. The lowest BCUT2D eigenvalue weighted by Gasteiger charge is -2.21. The molecule has 10 heteroatoms. The number of carbonyl (C=O) groups is 2. The van der Waals surface area contributed by atoms with Crippen molar-refractivity contribution in [3.8, 4) is 5.82 Å². The van der Waals surface area contributed by atoms with E-state index in [4.69, 9.17) is 4.74 Å². The first-order chi connectivity index (χ1) is 17.5. The minimum atomic E-state index is -0.743. The smallest absolute Gasteiger partial charge is 0.412 e. The second-order valence-electron chi connectivity index (χ2n) is 9.51. The molecular formula is C27H32N6O4. The number of anilines is 2. The molecule has 0 unspecified atom stereocenters. The number of aliphatic imine (C=N–C) groups is 1. The van der Waals surface area contributed by atoms with Crippen LogP contribution in [-0.2, 0) is 22.4 Å². The van der Waals surface area contributed by atoms with Crippen LogP contribution < -0.4 is 16.2 Å². The Bertz CT molecular complexity index is 1360. The zero-order valence-electron chi connectivity index (χ0n) is 21.8. The van der Waals surface area contributed by atoms with E-state index in [0.29, 0.717) is 29.9 Å². The maximum absolute atomic E-state index is 13.5. The number of hydrogen-bond acceptors (Lipinski definition) is 7. The Hall–Kier alpha value is -4.34. The van der Waals surface area contributed by atoms with E-state index in [1.165, 1.54) is 4.57 Å². The highest BCUT2D eigenvalue weighted by atomic mass is 16.6. The van der Waals surface area contributed by atoms with Crippen LogP contribution in [0.1, 0.15) is 43.3 Å². The molecule has 0 aliphatic heterocycles. The number of nitrogens with zero attached hydrogens (tertiary/aromatic N) is 4. The van der Waals surface area contributed by atoms with Crippen LogP contribution in [0.25, 0.3) is 5.82 Å². The van der Waals surface area contributed by atoms with E-state index in [1.54, 1.807) is 46.9 Å². The third-order valence-electron chi connectivity index (χ3n) is 5.35. The molecule has 0 spiro atoms. The van der Waals surface area contributed by atoms with Crippen molar-refractivity contribution in [1.82, 2.24) is 14.5 Å². The van der Waals surface area contributed by atoms with E-state index >= 15 is 0 Å². The summed E-state index contributed by atoms with van der Waals surface area (Å²) in [6.45, 7) is 12.4. The van der Waals surface area contributed by atoms with Crippen LogP contribution in [0.15, 0.2) is 52.4 Å². The van der Waals surface area contributed by atoms with Crippen molar-refractivity contribution in [3.63, 3.8) is 0 Å². The predicted molar refractivity (Wildman–Crippen MR) is 144 cm³/mol. The molecule has 1 aromatic carbocycles. The zero-order chi connectivity index (χ0) is 27.2. The summed E-state index contributed by atoms with van der Waals surface area (Å²) in [5.74, 6) is -0.107. The number of carbonyl (C=O) groups excluding carboxylic acids is 2. The average Bonchev–Trinajstić information content (AvgIpc) is 2.82. The SMILES string of the molecule is C=NC(=O)Cc1cc(NC(=O)OC(C)(C)C)c(-n2c(C)cnc(NCCc3ccccc3)c2=O)nc1C. The lowest BCUT2D eigenvalue weighted by molar-refractivity contribution is -0.117. The third kappa shape index (κ3) is 7.33. The second kappa shape index (κ2) is 11.6. The molecule has 37 heavy (non-hydrogen) atoms. The maximum atomic E-state index is 13.5. The molecule has 3 aromatic rings. The Morgan fingerprint density at radius 1 is 1.16 bits per heavy atom. The molecule has 2 N–H and O–H groups in total. The minimum absolute atomic E-state index is 0.0534. The fourth-order valence-electron chi connectivity index (χ4n) is 3.60. The van der Waals surface area contributed by atoms with Crippen LogP contribution in [-0.4, -0.2) is 45.4 Å². The number of nitrogens with one attached hydrogen (secondary N) is 2. The van der Waals surface area contributed by atoms with Gasteiger partial charge in [-0.15, -0.1) is 0 Å². The van der Waals surface area contributed by atoms with Crippen LogP contribution in [0, 0.1) is 13.8 Å². The molecular weight excluding hydrogens is 472 g/mol. The number of amides is 2. The van der Waals surface area contributed by atoms with Gasteiger partial charge in [-0.3, -0.25) is 19.5 Å². The Labute approximate surface area is 215 Å². The predicted octanol–water partition coefficient (Wildman–Crippen LogP) is 4.02. The van der Waals surface area contributed by atoms with E-state index in [1.807, 2.05) is 30.3 Å². The van der Waals surface area contributed by atoms with Gasteiger partial charge in [0.1, 0.15) is 5.60 Å². The molecule has 0 fully saturated rings. The number of hydrogen-bond donors (Lipinski definition) is 2. The Balaban J connectivity index is 2.02. The highest BCUT2D eigenvalue weighted by molar-refractivity contribution is 5.88. The summed E-state index contributed by atoms with van der Waals surface area (Å²) in [5.41, 5.74) is 1.71. The normalized spacial score (nSPS) is 11.1. The second-order valence-corrected chi connectivity index (χ2v) is 9.51. The van der Waals surface area contributed by atoms with Gasteiger partial charge in [0.25, 0.3) is 5.56 Å². The third-order valence-corrected chi connectivity index (χ3v) is 5.35. The molecule has 2 aromatic heterocycles. The molecule has 0 radical (unpaired) electrons. The van der Waals surface area contributed by atoms with Gasteiger partial charge in [-0.05, 0) is 65.0 Å². The van der Waals surface area contributed by atoms with Gasteiger partial charge >= 0.3 is 6.09 Å². The van der Waals surface area contributed by atoms with Crippen molar-refractivity contribution in [1.29, 1.82) is 0 Å². The Morgan fingerprint density at radius 3 is 2.51 bits per heavy atom. The number of aryl methyl sites for hydroxylation is 2. The van der Waals surface area contributed by atoms with Crippen LogP contribution >= 0.6 is 0 Å². The molecule has 0 aliphatic carbocycles. The van der Waals surface area contributed by atoms with Gasteiger partial charge in [-0.1, -0.05) is 30.3 Å². The average molecular weight is 505 g/mol. The van der Waals surface area contributed by atoms with E-state index in [9.17, 15) is 14.4 Å². The van der Waals surface area contributed by atoms with Crippen LogP contribution in [0.5, 0.6) is 0 Å². The highest BCUT2D eigenvalue weighted by Crippen LogP contribution is 2.24. The van der Waals surface area contributed by atoms with Gasteiger partial charge in [-0.2, -0.15) is 0 Å². The summed E-state index contributed by atoms with van der Waals surface area (Å²) in [6.07, 6.45) is 1.49. The number of ether oxygens (including phenoxy) is 1. The number of pyridine rings is 1. The lowest BCUT2D eigenvalue weighted by Crippen LogP contribution is -2.30. The Kier molecular flexibility index (Phi) is 8.54. The summed E-state index contributed by atoms with van der Waals surface area (Å²) in [4.78, 5) is 50.4. The summed E-state index contributed by atoms with van der Waals surface area (Å²) in [7, 11) is 0. The molecule has 0 saturated heterocycles. The van der Waals surface area contributed by atoms with Crippen LogP contribution in [0.2, 0.25) is 0 Å². The van der Waals surface area contributed by atoms with Gasteiger partial charge in [0.15, 0.2) is 11.6 Å². The highest BCUT2D eigenvalue weighted by Gasteiger charge is 2.22. The molecule has 0 atom stereocenters. The van der Waals surface area contributed by atoms with Crippen molar-refractivity contribution in [2.75, 3.05) is 17.2 Å². The van der Waals surface area contributed by atoms with Gasteiger partial charge in [0.05, 0.1) is 12.1 Å². The summed E-state index contributed by atoms with van der Waals surface area (Å²) >= 11 is 0. The van der Waals surface area contributed by atoms with E-state index in [2.05, 4.69) is 32.3 Å². The quantitative estimate of drug-likeness (QED) is 0.444. The number of aromatic nitrogens is 3. The Morgan fingerprint density at radius 2 is 1.86 bits per heavy atom. The molecule has 10 nitrogen and oxygen atoms in total. The fraction of sp³-hybridized carbons (Fsp3) is 0.333. The van der Waals surface area contributed by atoms with Crippen molar-refractivity contribution < 1.29 is 14.3 Å². The first kappa shape index (κ1) is 27.3. The molecule has 2 heterocycles. The molecule has 0 aliphatic rings. The van der Waals surface area contributed by atoms with Crippen molar-refractivity contribution >= 4 is 30.2 Å². The van der Waals surface area contributed by atoms with Gasteiger partial charge < -0.3 is 10.1 Å². The van der Waals surface area contributed by atoms with E-state index in [0.717, 1.165) is 5.56 Å². The van der Waals surface area contributed by atoms with Crippen molar-refractivity contribution in [2.45, 2.75) is 53.1 Å². The monoisotopic (exact) mass is 504 g/mol. The molecule has 0 bridgehead atoms. The first-order valence-electron chi connectivity index (χ1n) is 11.9.